The molecule has 5 heteroatoms. The second-order valence-electron chi connectivity index (χ2n) is 4.60. The van der Waals surface area contributed by atoms with E-state index in [1.54, 1.807) is 13.0 Å². The summed E-state index contributed by atoms with van der Waals surface area (Å²) in [6.07, 6.45) is 0.936. The summed E-state index contributed by atoms with van der Waals surface area (Å²) in [5.41, 5.74) is 1.93. The molecule has 0 saturated heterocycles. The normalized spacial score (nSPS) is 10.3. The van der Waals surface area contributed by atoms with Gasteiger partial charge in [0.1, 0.15) is 11.3 Å². The van der Waals surface area contributed by atoms with Crippen molar-refractivity contribution in [2.24, 2.45) is 0 Å². The zero-order valence-corrected chi connectivity index (χ0v) is 12.8. The smallest absolute Gasteiger partial charge is 0.339 e. The van der Waals surface area contributed by atoms with E-state index in [0.717, 1.165) is 29.7 Å². The number of rotatable bonds is 5. The Morgan fingerprint density at radius 3 is 2.70 bits per heavy atom. The van der Waals surface area contributed by atoms with E-state index in [4.69, 9.17) is 9.15 Å². The van der Waals surface area contributed by atoms with Crippen LogP contribution in [-0.2, 0) is 0 Å². The van der Waals surface area contributed by atoms with Crippen LogP contribution >= 0.6 is 12.4 Å². The predicted octanol–water partition coefficient (Wildman–Crippen LogP) is 2.82. The molecule has 0 bridgehead atoms. The van der Waals surface area contributed by atoms with E-state index in [1.165, 1.54) is 0 Å². The van der Waals surface area contributed by atoms with Crippen LogP contribution in [0.1, 0.15) is 17.5 Å². The summed E-state index contributed by atoms with van der Waals surface area (Å²) in [5.74, 6) is 0.731. The van der Waals surface area contributed by atoms with Gasteiger partial charge in [0.15, 0.2) is 0 Å². The molecule has 0 spiro atoms. The molecule has 110 valence electrons. The fourth-order valence-electron chi connectivity index (χ4n) is 1.96. The first-order chi connectivity index (χ1) is 9.13. The molecular formula is C15H20ClNO3. The molecule has 0 aliphatic rings. The van der Waals surface area contributed by atoms with Gasteiger partial charge < -0.3 is 14.5 Å². The zero-order chi connectivity index (χ0) is 13.8. The van der Waals surface area contributed by atoms with Gasteiger partial charge in [0.25, 0.3) is 0 Å². The first kappa shape index (κ1) is 16.5. The van der Waals surface area contributed by atoms with Gasteiger partial charge in [-0.15, -0.1) is 12.4 Å². The van der Waals surface area contributed by atoms with Crippen molar-refractivity contribution in [2.45, 2.75) is 20.3 Å². The van der Waals surface area contributed by atoms with Crippen LogP contribution < -0.4 is 15.7 Å². The van der Waals surface area contributed by atoms with Crippen molar-refractivity contribution in [1.29, 1.82) is 0 Å². The molecule has 0 radical (unpaired) electrons. The lowest BCUT2D eigenvalue weighted by atomic mass is 10.1. The minimum Gasteiger partial charge on any atom is -0.493 e. The third-order valence-electron chi connectivity index (χ3n) is 3.27. The van der Waals surface area contributed by atoms with Gasteiger partial charge in [0.2, 0.25) is 0 Å². The third kappa shape index (κ3) is 3.52. The summed E-state index contributed by atoms with van der Waals surface area (Å²) >= 11 is 0. The summed E-state index contributed by atoms with van der Waals surface area (Å²) in [6, 6.07) is 5.63. The standard InChI is InChI=1S/C15H19NO3.ClH/c1-10-11(2)15(17)19-14-9-12(5-6-13(10)14)18-8-4-7-16-3;/h5-6,9,16H,4,7-8H2,1-3H3;1H. The Balaban J connectivity index is 0.00000200. The number of fused-ring (bicyclic) bond motifs is 1. The molecule has 20 heavy (non-hydrogen) atoms. The Morgan fingerprint density at radius 1 is 1.25 bits per heavy atom. The van der Waals surface area contributed by atoms with Gasteiger partial charge in [-0.1, -0.05) is 0 Å². The number of aryl methyl sites for hydroxylation is 1. The summed E-state index contributed by atoms with van der Waals surface area (Å²) < 4.78 is 10.9. The lowest BCUT2D eigenvalue weighted by molar-refractivity contribution is 0.309. The van der Waals surface area contributed by atoms with Gasteiger partial charge in [-0.25, -0.2) is 4.79 Å². The average molecular weight is 298 g/mol. The van der Waals surface area contributed by atoms with Crippen molar-refractivity contribution in [3.05, 3.63) is 39.7 Å². The van der Waals surface area contributed by atoms with E-state index in [2.05, 4.69) is 5.32 Å². The number of nitrogens with one attached hydrogen (secondary N) is 1. The van der Waals surface area contributed by atoms with Crippen LogP contribution in [0.4, 0.5) is 0 Å². The van der Waals surface area contributed by atoms with E-state index in [1.807, 2.05) is 26.1 Å². The molecule has 1 aromatic carbocycles. The number of hydrogen-bond donors (Lipinski definition) is 1. The molecule has 1 heterocycles. The lowest BCUT2D eigenvalue weighted by Gasteiger charge is -2.08. The highest BCUT2D eigenvalue weighted by molar-refractivity contribution is 5.85. The maximum Gasteiger partial charge on any atom is 0.339 e. The van der Waals surface area contributed by atoms with Crippen molar-refractivity contribution < 1.29 is 9.15 Å². The van der Waals surface area contributed by atoms with Crippen LogP contribution in [0.25, 0.3) is 11.0 Å². The highest BCUT2D eigenvalue weighted by Crippen LogP contribution is 2.23. The van der Waals surface area contributed by atoms with Gasteiger partial charge >= 0.3 is 5.63 Å². The Labute approximate surface area is 124 Å². The summed E-state index contributed by atoms with van der Waals surface area (Å²) in [4.78, 5) is 11.6. The Hall–Kier alpha value is -1.52. The molecule has 1 aromatic heterocycles. The molecule has 2 aromatic rings. The number of ether oxygens (including phenoxy) is 1. The van der Waals surface area contributed by atoms with Crippen LogP contribution in [-0.4, -0.2) is 20.2 Å². The zero-order valence-electron chi connectivity index (χ0n) is 12.0. The van der Waals surface area contributed by atoms with E-state index < -0.39 is 0 Å². The van der Waals surface area contributed by atoms with Crippen molar-refractivity contribution in [3.8, 4) is 5.75 Å². The van der Waals surface area contributed by atoms with Crippen LogP contribution in [0.2, 0.25) is 0 Å². The highest BCUT2D eigenvalue weighted by atomic mass is 35.5. The molecule has 0 atom stereocenters. The summed E-state index contributed by atoms with van der Waals surface area (Å²) in [7, 11) is 1.91. The highest BCUT2D eigenvalue weighted by Gasteiger charge is 2.08. The molecule has 0 unspecified atom stereocenters. The van der Waals surface area contributed by atoms with Gasteiger partial charge in [-0.05, 0) is 51.6 Å². The molecule has 2 rings (SSSR count). The maximum atomic E-state index is 11.6. The predicted molar refractivity (Wildman–Crippen MR) is 83.2 cm³/mol. The van der Waals surface area contributed by atoms with Gasteiger partial charge in [0.05, 0.1) is 6.61 Å². The number of halogens is 1. The van der Waals surface area contributed by atoms with Crippen LogP contribution in [0, 0.1) is 13.8 Å². The SMILES string of the molecule is CNCCCOc1ccc2c(C)c(C)c(=O)oc2c1.Cl. The first-order valence-corrected chi connectivity index (χ1v) is 6.45. The second-order valence-corrected chi connectivity index (χ2v) is 4.60. The Bertz CT molecular complexity index is 637. The van der Waals surface area contributed by atoms with Gasteiger partial charge in [0, 0.05) is 17.0 Å². The van der Waals surface area contributed by atoms with E-state index >= 15 is 0 Å². The number of hydrogen-bond acceptors (Lipinski definition) is 4. The molecular weight excluding hydrogens is 278 g/mol. The second kappa shape index (κ2) is 7.31. The fraction of sp³-hybridized carbons (Fsp3) is 0.400. The van der Waals surface area contributed by atoms with Crippen molar-refractivity contribution in [1.82, 2.24) is 5.32 Å². The van der Waals surface area contributed by atoms with Crippen molar-refractivity contribution in [2.75, 3.05) is 20.2 Å². The summed E-state index contributed by atoms with van der Waals surface area (Å²) in [5, 5.41) is 4.02. The minimum atomic E-state index is -0.280. The fourth-order valence-corrected chi connectivity index (χ4v) is 1.96. The van der Waals surface area contributed by atoms with E-state index in [0.29, 0.717) is 17.8 Å². The topological polar surface area (TPSA) is 51.5 Å². The maximum absolute atomic E-state index is 11.6. The van der Waals surface area contributed by atoms with Gasteiger partial charge in [-0.3, -0.25) is 0 Å². The third-order valence-corrected chi connectivity index (χ3v) is 3.27. The molecule has 0 saturated carbocycles. The lowest BCUT2D eigenvalue weighted by Crippen LogP contribution is -2.11. The molecule has 0 fully saturated rings. The number of benzene rings is 1. The molecule has 0 aliphatic carbocycles. The van der Waals surface area contributed by atoms with Crippen LogP contribution in [0.5, 0.6) is 5.75 Å². The van der Waals surface area contributed by atoms with Gasteiger partial charge in [-0.2, -0.15) is 0 Å². The molecule has 1 N–H and O–H groups in total. The van der Waals surface area contributed by atoms with Crippen LogP contribution in [0.3, 0.4) is 0 Å². The molecule has 4 nitrogen and oxygen atoms in total. The summed E-state index contributed by atoms with van der Waals surface area (Å²) in [6.45, 7) is 5.27. The molecule has 0 aliphatic heterocycles. The van der Waals surface area contributed by atoms with E-state index in [-0.39, 0.29) is 18.0 Å². The Kier molecular flexibility index (Phi) is 6.05. The van der Waals surface area contributed by atoms with E-state index in [9.17, 15) is 4.79 Å². The van der Waals surface area contributed by atoms with Crippen LogP contribution in [0.15, 0.2) is 27.4 Å². The minimum absolute atomic E-state index is 0. The first-order valence-electron chi connectivity index (χ1n) is 6.45. The monoisotopic (exact) mass is 297 g/mol. The quantitative estimate of drug-likeness (QED) is 0.681. The largest absolute Gasteiger partial charge is 0.493 e. The average Bonchev–Trinajstić information content (AvgIpc) is 2.41. The Morgan fingerprint density at radius 2 is 2.00 bits per heavy atom. The molecule has 0 amide bonds. The van der Waals surface area contributed by atoms with Crippen molar-refractivity contribution >= 4 is 23.4 Å². The van der Waals surface area contributed by atoms with Crippen molar-refractivity contribution in [3.63, 3.8) is 0 Å².